The Morgan fingerprint density at radius 3 is 3.00 bits per heavy atom. The van der Waals surface area contributed by atoms with Gasteiger partial charge in [-0.1, -0.05) is 5.16 Å². The number of anilines is 1. The summed E-state index contributed by atoms with van der Waals surface area (Å²) in [5.74, 6) is 1.32. The third kappa shape index (κ3) is 2.30. The first-order chi connectivity index (χ1) is 8.34. The number of halogens is 1. The van der Waals surface area contributed by atoms with Crippen LogP contribution in [0.15, 0.2) is 23.0 Å². The van der Waals surface area contributed by atoms with E-state index in [1.807, 2.05) is 0 Å². The molecule has 18 heavy (non-hydrogen) atoms. The molecule has 96 valence electrons. The lowest BCUT2D eigenvalue weighted by molar-refractivity contribution is 0.192. The van der Waals surface area contributed by atoms with E-state index in [-0.39, 0.29) is 18.3 Å². The molecule has 0 bridgehead atoms. The van der Waals surface area contributed by atoms with Crippen molar-refractivity contribution in [1.82, 2.24) is 15.1 Å². The van der Waals surface area contributed by atoms with Crippen molar-refractivity contribution in [3.05, 3.63) is 24.3 Å². The molecule has 2 aromatic heterocycles. The molecule has 1 unspecified atom stereocenters. The van der Waals surface area contributed by atoms with Crippen molar-refractivity contribution in [1.29, 1.82) is 0 Å². The number of nitrogens with zero attached hydrogens (tertiary/aromatic N) is 3. The zero-order valence-electron chi connectivity index (χ0n) is 9.57. The van der Waals surface area contributed by atoms with Gasteiger partial charge in [0.15, 0.2) is 5.82 Å². The molecule has 0 radical (unpaired) electrons. The van der Waals surface area contributed by atoms with Gasteiger partial charge in [-0.3, -0.25) is 4.98 Å². The summed E-state index contributed by atoms with van der Waals surface area (Å²) in [5.41, 5.74) is 7.08. The van der Waals surface area contributed by atoms with Crippen LogP contribution in [0.3, 0.4) is 0 Å². The maximum atomic E-state index is 5.82. The van der Waals surface area contributed by atoms with Crippen molar-refractivity contribution in [3.8, 4) is 11.5 Å². The first-order valence-corrected chi connectivity index (χ1v) is 5.46. The van der Waals surface area contributed by atoms with Crippen LogP contribution in [0.5, 0.6) is 0 Å². The number of hydrogen-bond donors (Lipinski definition) is 1. The first kappa shape index (κ1) is 12.8. The van der Waals surface area contributed by atoms with Gasteiger partial charge in [-0.05, 0) is 12.5 Å². The van der Waals surface area contributed by atoms with Crippen LogP contribution in [0.25, 0.3) is 11.5 Å². The number of ether oxygens (including phenoxy) is 1. The van der Waals surface area contributed by atoms with E-state index < -0.39 is 0 Å². The molecular formula is C11H13ClN4O2. The van der Waals surface area contributed by atoms with Gasteiger partial charge in [0.2, 0.25) is 0 Å². The van der Waals surface area contributed by atoms with Gasteiger partial charge < -0.3 is 15.0 Å². The van der Waals surface area contributed by atoms with E-state index in [0.29, 0.717) is 29.6 Å². The van der Waals surface area contributed by atoms with E-state index >= 15 is 0 Å². The summed E-state index contributed by atoms with van der Waals surface area (Å²) in [7, 11) is 0. The molecule has 3 heterocycles. The van der Waals surface area contributed by atoms with Crippen LogP contribution < -0.4 is 5.73 Å². The molecule has 0 spiro atoms. The zero-order valence-corrected chi connectivity index (χ0v) is 10.4. The summed E-state index contributed by atoms with van der Waals surface area (Å²) < 4.78 is 10.5. The Kier molecular flexibility index (Phi) is 3.78. The predicted octanol–water partition coefficient (Wildman–Crippen LogP) is 1.64. The largest absolute Gasteiger partial charge is 0.398 e. The van der Waals surface area contributed by atoms with Gasteiger partial charge in [-0.25, -0.2) is 0 Å². The predicted molar refractivity (Wildman–Crippen MR) is 67.4 cm³/mol. The van der Waals surface area contributed by atoms with Gasteiger partial charge in [0, 0.05) is 30.6 Å². The van der Waals surface area contributed by atoms with Crippen LogP contribution in [0.2, 0.25) is 0 Å². The van der Waals surface area contributed by atoms with E-state index in [9.17, 15) is 0 Å². The SMILES string of the molecule is Cl.Nc1ccncc1-c1nc(C2CCOC2)no1. The standard InChI is InChI=1S/C11H12N4O2.ClH/c12-9-1-3-13-5-8(9)11-14-10(15-17-11)7-2-4-16-6-7;/h1,3,5,7H,2,4,6H2,(H2,12,13);1H. The number of pyridine rings is 1. The highest BCUT2D eigenvalue weighted by molar-refractivity contribution is 5.85. The minimum Gasteiger partial charge on any atom is -0.398 e. The summed E-state index contributed by atoms with van der Waals surface area (Å²) in [6.07, 6.45) is 4.18. The summed E-state index contributed by atoms with van der Waals surface area (Å²) in [4.78, 5) is 8.34. The monoisotopic (exact) mass is 268 g/mol. The van der Waals surface area contributed by atoms with E-state index in [1.165, 1.54) is 0 Å². The molecule has 1 atom stereocenters. The number of rotatable bonds is 2. The first-order valence-electron chi connectivity index (χ1n) is 5.46. The fraction of sp³-hybridized carbons (Fsp3) is 0.364. The average molecular weight is 269 g/mol. The van der Waals surface area contributed by atoms with E-state index in [4.69, 9.17) is 15.0 Å². The Morgan fingerprint density at radius 1 is 1.39 bits per heavy atom. The molecule has 0 aliphatic carbocycles. The van der Waals surface area contributed by atoms with Gasteiger partial charge in [0.1, 0.15) is 0 Å². The Labute approximate surface area is 110 Å². The third-order valence-corrected chi connectivity index (χ3v) is 2.82. The maximum absolute atomic E-state index is 5.82. The molecule has 1 aliphatic rings. The normalized spacial score (nSPS) is 18.6. The molecular weight excluding hydrogens is 256 g/mol. The number of aromatic nitrogens is 3. The van der Waals surface area contributed by atoms with Crippen molar-refractivity contribution in [2.24, 2.45) is 0 Å². The van der Waals surface area contributed by atoms with Gasteiger partial charge >= 0.3 is 0 Å². The van der Waals surface area contributed by atoms with Crippen LogP contribution in [-0.4, -0.2) is 28.3 Å². The van der Waals surface area contributed by atoms with Crippen molar-refractivity contribution in [2.45, 2.75) is 12.3 Å². The molecule has 1 aliphatic heterocycles. The molecule has 1 saturated heterocycles. The zero-order chi connectivity index (χ0) is 11.7. The summed E-state index contributed by atoms with van der Waals surface area (Å²) in [5, 5.41) is 3.97. The minimum absolute atomic E-state index is 0. The second kappa shape index (κ2) is 5.32. The maximum Gasteiger partial charge on any atom is 0.261 e. The quantitative estimate of drug-likeness (QED) is 0.891. The number of nitrogen functional groups attached to an aromatic ring is 1. The van der Waals surface area contributed by atoms with Crippen molar-refractivity contribution >= 4 is 18.1 Å². The Morgan fingerprint density at radius 2 is 2.28 bits per heavy atom. The van der Waals surface area contributed by atoms with Crippen LogP contribution in [-0.2, 0) is 4.74 Å². The molecule has 0 aromatic carbocycles. The number of nitrogens with two attached hydrogens (primary N) is 1. The Balaban J connectivity index is 0.00000120. The topological polar surface area (TPSA) is 87.1 Å². The molecule has 6 nitrogen and oxygen atoms in total. The van der Waals surface area contributed by atoms with Gasteiger partial charge in [0.25, 0.3) is 5.89 Å². The Hall–Kier alpha value is -1.66. The average Bonchev–Trinajstić information content (AvgIpc) is 3.00. The number of hydrogen-bond acceptors (Lipinski definition) is 6. The fourth-order valence-corrected chi connectivity index (χ4v) is 1.83. The fourth-order valence-electron chi connectivity index (χ4n) is 1.83. The smallest absolute Gasteiger partial charge is 0.261 e. The van der Waals surface area contributed by atoms with Crippen LogP contribution in [0, 0.1) is 0 Å². The lowest BCUT2D eigenvalue weighted by Crippen LogP contribution is -1.99. The van der Waals surface area contributed by atoms with Crippen molar-refractivity contribution < 1.29 is 9.26 Å². The highest BCUT2D eigenvalue weighted by Crippen LogP contribution is 2.27. The molecule has 2 aromatic rings. The highest BCUT2D eigenvalue weighted by atomic mass is 35.5. The van der Waals surface area contributed by atoms with E-state index in [2.05, 4.69) is 15.1 Å². The van der Waals surface area contributed by atoms with Crippen molar-refractivity contribution in [2.75, 3.05) is 18.9 Å². The lowest BCUT2D eigenvalue weighted by atomic mass is 10.1. The second-order valence-electron chi connectivity index (χ2n) is 3.98. The lowest BCUT2D eigenvalue weighted by Gasteiger charge is -1.99. The van der Waals surface area contributed by atoms with E-state index in [0.717, 1.165) is 13.0 Å². The van der Waals surface area contributed by atoms with Crippen LogP contribution in [0.4, 0.5) is 5.69 Å². The summed E-state index contributed by atoms with van der Waals surface area (Å²) in [6, 6.07) is 1.71. The van der Waals surface area contributed by atoms with Crippen LogP contribution in [0.1, 0.15) is 18.2 Å². The minimum atomic E-state index is 0. The van der Waals surface area contributed by atoms with Crippen molar-refractivity contribution in [3.63, 3.8) is 0 Å². The van der Waals surface area contributed by atoms with Gasteiger partial charge in [0.05, 0.1) is 12.2 Å². The summed E-state index contributed by atoms with van der Waals surface area (Å²) >= 11 is 0. The third-order valence-electron chi connectivity index (χ3n) is 2.82. The Bertz CT molecular complexity index is 525. The van der Waals surface area contributed by atoms with E-state index in [1.54, 1.807) is 18.5 Å². The second-order valence-corrected chi connectivity index (χ2v) is 3.98. The van der Waals surface area contributed by atoms with Gasteiger partial charge in [-0.2, -0.15) is 4.98 Å². The molecule has 7 heteroatoms. The molecule has 0 saturated carbocycles. The molecule has 0 amide bonds. The van der Waals surface area contributed by atoms with Crippen LogP contribution >= 0.6 is 12.4 Å². The molecule has 2 N–H and O–H groups in total. The van der Waals surface area contributed by atoms with Gasteiger partial charge in [-0.15, -0.1) is 12.4 Å². The highest BCUT2D eigenvalue weighted by Gasteiger charge is 2.23. The molecule has 1 fully saturated rings. The molecule has 3 rings (SSSR count). The summed E-state index contributed by atoms with van der Waals surface area (Å²) in [6.45, 7) is 1.41.